The summed E-state index contributed by atoms with van der Waals surface area (Å²) in [4.78, 5) is 14.3. The van der Waals surface area contributed by atoms with E-state index in [4.69, 9.17) is 0 Å². The number of nitrogens with zero attached hydrogens (tertiary/aromatic N) is 2. The van der Waals surface area contributed by atoms with Gasteiger partial charge in [0.05, 0.1) is 6.42 Å². The number of nitrogens with one attached hydrogen (secondary N) is 1. The van der Waals surface area contributed by atoms with E-state index in [2.05, 4.69) is 42.2 Å². The minimum atomic E-state index is 0.186. The minimum Gasteiger partial charge on any atom is -0.342 e. The predicted molar refractivity (Wildman–Crippen MR) is 82.1 cm³/mol. The molecular weight excluding hydrogens is 262 g/mol. The van der Waals surface area contributed by atoms with Crippen molar-refractivity contribution in [3.63, 3.8) is 0 Å². The van der Waals surface area contributed by atoms with E-state index >= 15 is 0 Å². The molecule has 1 aromatic heterocycles. The molecule has 110 valence electrons. The van der Waals surface area contributed by atoms with Crippen molar-refractivity contribution < 1.29 is 4.79 Å². The third-order valence-corrected chi connectivity index (χ3v) is 4.16. The maximum Gasteiger partial charge on any atom is 0.228 e. The van der Waals surface area contributed by atoms with Crippen molar-refractivity contribution >= 4 is 5.91 Å². The van der Waals surface area contributed by atoms with Crippen LogP contribution in [0, 0.1) is 13.8 Å². The SMILES string of the molecule is Cc1cc(C)cc([C@H]2CCN(C(=O)Cc3ccn[nH]3)C2)c1. The molecule has 0 radical (unpaired) electrons. The second-order valence-corrected chi connectivity index (χ2v) is 6.01. The molecule has 2 heterocycles. The lowest BCUT2D eigenvalue weighted by Crippen LogP contribution is -2.30. The first-order chi connectivity index (χ1) is 10.1. The first-order valence-electron chi connectivity index (χ1n) is 7.46. The summed E-state index contributed by atoms with van der Waals surface area (Å²) in [5, 5.41) is 6.74. The average Bonchev–Trinajstić information content (AvgIpc) is 3.08. The molecule has 1 aliphatic rings. The lowest BCUT2D eigenvalue weighted by molar-refractivity contribution is -0.129. The Kier molecular flexibility index (Phi) is 3.78. The lowest BCUT2D eigenvalue weighted by Gasteiger charge is -2.17. The van der Waals surface area contributed by atoms with Crippen molar-refractivity contribution in [2.24, 2.45) is 0 Å². The smallest absolute Gasteiger partial charge is 0.228 e. The van der Waals surface area contributed by atoms with Gasteiger partial charge < -0.3 is 4.90 Å². The van der Waals surface area contributed by atoms with Crippen molar-refractivity contribution in [2.75, 3.05) is 13.1 Å². The van der Waals surface area contributed by atoms with E-state index in [1.54, 1.807) is 6.20 Å². The largest absolute Gasteiger partial charge is 0.342 e. The summed E-state index contributed by atoms with van der Waals surface area (Å²) in [6.07, 6.45) is 3.15. The van der Waals surface area contributed by atoms with Crippen LogP contribution in [-0.4, -0.2) is 34.1 Å². The Morgan fingerprint density at radius 2 is 2.10 bits per heavy atom. The number of hydrogen-bond donors (Lipinski definition) is 1. The predicted octanol–water partition coefficient (Wildman–Crippen LogP) is 2.59. The zero-order valence-electron chi connectivity index (χ0n) is 12.6. The van der Waals surface area contributed by atoms with Crippen LogP contribution in [0.2, 0.25) is 0 Å². The molecule has 1 saturated heterocycles. The summed E-state index contributed by atoms with van der Waals surface area (Å²) in [6, 6.07) is 8.55. The fraction of sp³-hybridized carbons (Fsp3) is 0.412. The van der Waals surface area contributed by atoms with E-state index in [9.17, 15) is 4.79 Å². The summed E-state index contributed by atoms with van der Waals surface area (Å²) in [5.41, 5.74) is 4.85. The molecule has 0 unspecified atom stereocenters. The number of hydrogen-bond acceptors (Lipinski definition) is 2. The summed E-state index contributed by atoms with van der Waals surface area (Å²) in [5.74, 6) is 0.653. The molecule has 1 N–H and O–H groups in total. The summed E-state index contributed by atoms with van der Waals surface area (Å²) in [7, 11) is 0. The summed E-state index contributed by atoms with van der Waals surface area (Å²) >= 11 is 0. The standard InChI is InChI=1S/C17H21N3O/c1-12-7-13(2)9-15(8-12)14-4-6-20(11-14)17(21)10-16-3-5-18-19-16/h3,5,7-9,14H,4,6,10-11H2,1-2H3,(H,18,19)/t14-/m0/s1. The number of aryl methyl sites for hydroxylation is 2. The molecule has 4 heteroatoms. The Balaban J connectivity index is 1.66. The number of aromatic nitrogens is 2. The molecule has 0 aliphatic carbocycles. The van der Waals surface area contributed by atoms with Crippen molar-refractivity contribution in [1.82, 2.24) is 15.1 Å². The Labute approximate surface area is 125 Å². The highest BCUT2D eigenvalue weighted by Crippen LogP contribution is 2.28. The van der Waals surface area contributed by atoms with Crippen molar-refractivity contribution in [3.8, 4) is 0 Å². The quantitative estimate of drug-likeness (QED) is 0.941. The first-order valence-corrected chi connectivity index (χ1v) is 7.46. The number of aromatic amines is 1. The van der Waals surface area contributed by atoms with E-state index in [0.717, 1.165) is 25.2 Å². The molecule has 2 aromatic rings. The monoisotopic (exact) mass is 283 g/mol. The van der Waals surface area contributed by atoms with E-state index in [1.807, 2.05) is 11.0 Å². The van der Waals surface area contributed by atoms with Gasteiger partial charge in [0, 0.05) is 30.9 Å². The molecule has 4 nitrogen and oxygen atoms in total. The zero-order valence-corrected chi connectivity index (χ0v) is 12.6. The molecule has 0 bridgehead atoms. The molecule has 1 fully saturated rings. The molecule has 0 saturated carbocycles. The van der Waals surface area contributed by atoms with Gasteiger partial charge in [0.25, 0.3) is 0 Å². The first kappa shape index (κ1) is 13.9. The Morgan fingerprint density at radius 1 is 1.33 bits per heavy atom. The number of benzene rings is 1. The molecule has 0 spiro atoms. The number of carbonyl (C=O) groups excluding carboxylic acids is 1. The zero-order chi connectivity index (χ0) is 14.8. The van der Waals surface area contributed by atoms with Gasteiger partial charge in [-0.1, -0.05) is 29.3 Å². The third kappa shape index (κ3) is 3.15. The van der Waals surface area contributed by atoms with Gasteiger partial charge in [-0.2, -0.15) is 5.10 Å². The molecular formula is C17H21N3O. The van der Waals surface area contributed by atoms with Gasteiger partial charge >= 0.3 is 0 Å². The highest BCUT2D eigenvalue weighted by molar-refractivity contribution is 5.78. The average molecular weight is 283 g/mol. The highest BCUT2D eigenvalue weighted by Gasteiger charge is 2.27. The van der Waals surface area contributed by atoms with E-state index < -0.39 is 0 Å². The topological polar surface area (TPSA) is 49.0 Å². The van der Waals surface area contributed by atoms with Crippen LogP contribution in [0.4, 0.5) is 0 Å². The van der Waals surface area contributed by atoms with Gasteiger partial charge in [-0.05, 0) is 31.9 Å². The number of rotatable bonds is 3. The number of H-pyrrole nitrogens is 1. The van der Waals surface area contributed by atoms with Gasteiger partial charge in [0.1, 0.15) is 0 Å². The van der Waals surface area contributed by atoms with Gasteiger partial charge in [-0.25, -0.2) is 0 Å². The molecule has 1 aliphatic heterocycles. The fourth-order valence-electron chi connectivity index (χ4n) is 3.16. The van der Waals surface area contributed by atoms with Gasteiger partial charge in [-0.3, -0.25) is 9.89 Å². The highest BCUT2D eigenvalue weighted by atomic mass is 16.2. The maximum absolute atomic E-state index is 12.3. The van der Waals surface area contributed by atoms with Crippen LogP contribution in [0.1, 0.15) is 34.7 Å². The van der Waals surface area contributed by atoms with Crippen molar-refractivity contribution in [1.29, 1.82) is 0 Å². The number of amides is 1. The Hall–Kier alpha value is -2.10. The molecule has 1 atom stereocenters. The van der Waals surface area contributed by atoms with Gasteiger partial charge in [0.2, 0.25) is 5.91 Å². The van der Waals surface area contributed by atoms with Crippen LogP contribution < -0.4 is 0 Å². The molecule has 1 aromatic carbocycles. The Morgan fingerprint density at radius 3 is 2.76 bits per heavy atom. The number of likely N-dealkylation sites (tertiary alicyclic amines) is 1. The van der Waals surface area contributed by atoms with Crippen LogP contribution >= 0.6 is 0 Å². The van der Waals surface area contributed by atoms with E-state index in [0.29, 0.717) is 12.3 Å². The second-order valence-electron chi connectivity index (χ2n) is 6.01. The van der Waals surface area contributed by atoms with Crippen LogP contribution in [0.3, 0.4) is 0 Å². The van der Waals surface area contributed by atoms with Crippen LogP contribution in [-0.2, 0) is 11.2 Å². The van der Waals surface area contributed by atoms with Gasteiger partial charge in [-0.15, -0.1) is 0 Å². The minimum absolute atomic E-state index is 0.186. The van der Waals surface area contributed by atoms with Crippen molar-refractivity contribution in [3.05, 3.63) is 52.8 Å². The van der Waals surface area contributed by atoms with Gasteiger partial charge in [0.15, 0.2) is 0 Å². The van der Waals surface area contributed by atoms with E-state index in [1.165, 1.54) is 16.7 Å². The summed E-state index contributed by atoms with van der Waals surface area (Å²) in [6.45, 7) is 5.94. The van der Waals surface area contributed by atoms with Crippen molar-refractivity contribution in [2.45, 2.75) is 32.6 Å². The molecule has 1 amide bonds. The lowest BCUT2D eigenvalue weighted by atomic mass is 9.95. The number of carbonyl (C=O) groups is 1. The fourth-order valence-corrected chi connectivity index (χ4v) is 3.16. The Bertz CT molecular complexity index is 613. The molecule has 3 rings (SSSR count). The maximum atomic E-state index is 12.3. The van der Waals surface area contributed by atoms with Crippen LogP contribution in [0.25, 0.3) is 0 Å². The summed E-state index contributed by atoms with van der Waals surface area (Å²) < 4.78 is 0. The van der Waals surface area contributed by atoms with Crippen LogP contribution in [0.5, 0.6) is 0 Å². The van der Waals surface area contributed by atoms with E-state index in [-0.39, 0.29) is 5.91 Å². The molecule has 21 heavy (non-hydrogen) atoms. The normalized spacial score (nSPS) is 18.2. The second kappa shape index (κ2) is 5.72. The third-order valence-electron chi connectivity index (χ3n) is 4.16. The van der Waals surface area contributed by atoms with Crippen LogP contribution in [0.15, 0.2) is 30.5 Å².